The van der Waals surface area contributed by atoms with Crippen molar-refractivity contribution in [1.82, 2.24) is 9.97 Å². The fourth-order valence-electron chi connectivity index (χ4n) is 0.836. The van der Waals surface area contributed by atoms with Crippen molar-refractivity contribution < 1.29 is 0 Å². The number of hydrogen-bond acceptors (Lipinski definition) is 1. The fourth-order valence-corrected chi connectivity index (χ4v) is 0.836. The predicted molar refractivity (Wildman–Crippen MR) is 35.1 cm³/mol. The summed E-state index contributed by atoms with van der Waals surface area (Å²) in [5.41, 5.74) is 0.831. The van der Waals surface area contributed by atoms with Crippen LogP contribution in [-0.2, 0) is 0 Å². The second kappa shape index (κ2) is 1.58. The van der Waals surface area contributed by atoms with E-state index in [-0.39, 0.29) is 0 Å². The summed E-state index contributed by atoms with van der Waals surface area (Å²) in [5, 5.41) is 1.11. The average Bonchev–Trinajstić information content (AvgIpc) is 2.33. The SMILES string of the molecule is c1cnc2[n-]ccc2c1. The van der Waals surface area contributed by atoms with Gasteiger partial charge in [-0.2, -0.15) is 0 Å². The first kappa shape index (κ1) is 4.56. The van der Waals surface area contributed by atoms with Gasteiger partial charge in [0.15, 0.2) is 0 Å². The van der Waals surface area contributed by atoms with Crippen molar-refractivity contribution in [1.29, 1.82) is 0 Å². The van der Waals surface area contributed by atoms with E-state index in [1.807, 2.05) is 18.2 Å². The van der Waals surface area contributed by atoms with Crippen LogP contribution in [0.4, 0.5) is 0 Å². The monoisotopic (exact) mass is 117 g/mol. The van der Waals surface area contributed by atoms with E-state index in [2.05, 4.69) is 9.97 Å². The summed E-state index contributed by atoms with van der Waals surface area (Å²) in [6.07, 6.45) is 3.51. The minimum Gasteiger partial charge on any atom is -0.442 e. The number of hydrogen-bond donors (Lipinski definition) is 0. The van der Waals surface area contributed by atoms with Gasteiger partial charge < -0.3 is 9.97 Å². The molecule has 0 aliphatic carbocycles. The van der Waals surface area contributed by atoms with Gasteiger partial charge >= 0.3 is 0 Å². The number of nitrogens with zero attached hydrogens (tertiary/aromatic N) is 2. The zero-order chi connectivity index (χ0) is 6.10. The molecule has 2 aromatic heterocycles. The van der Waals surface area contributed by atoms with Crippen LogP contribution in [-0.4, -0.2) is 4.98 Å². The molecule has 0 aliphatic rings. The van der Waals surface area contributed by atoms with E-state index in [9.17, 15) is 0 Å². The van der Waals surface area contributed by atoms with Crippen molar-refractivity contribution in [3.8, 4) is 0 Å². The van der Waals surface area contributed by atoms with Crippen LogP contribution in [0.3, 0.4) is 0 Å². The van der Waals surface area contributed by atoms with Gasteiger partial charge in [0.25, 0.3) is 0 Å². The highest BCUT2D eigenvalue weighted by atomic mass is 14.8. The molecule has 0 aliphatic heterocycles. The molecule has 0 radical (unpaired) electrons. The van der Waals surface area contributed by atoms with E-state index in [4.69, 9.17) is 0 Å². The van der Waals surface area contributed by atoms with Gasteiger partial charge in [0.05, 0.1) is 0 Å². The zero-order valence-corrected chi connectivity index (χ0v) is 4.78. The molecule has 0 atom stereocenters. The van der Waals surface area contributed by atoms with Gasteiger partial charge in [-0.1, -0.05) is 36.2 Å². The Labute approximate surface area is 52.5 Å². The molecule has 2 heteroatoms. The van der Waals surface area contributed by atoms with Crippen LogP contribution in [0.1, 0.15) is 0 Å². The minimum absolute atomic E-state index is 0.831. The molecular formula is C7H5N2-. The summed E-state index contributed by atoms with van der Waals surface area (Å²) in [4.78, 5) is 8.04. The van der Waals surface area contributed by atoms with E-state index in [0.717, 1.165) is 11.0 Å². The highest BCUT2D eigenvalue weighted by Crippen LogP contribution is 2.04. The van der Waals surface area contributed by atoms with Crippen molar-refractivity contribution >= 4 is 11.0 Å². The molecule has 2 nitrogen and oxygen atoms in total. The van der Waals surface area contributed by atoms with Crippen molar-refractivity contribution in [2.75, 3.05) is 0 Å². The van der Waals surface area contributed by atoms with Crippen LogP contribution >= 0.6 is 0 Å². The average molecular weight is 117 g/mol. The molecule has 2 heterocycles. The van der Waals surface area contributed by atoms with E-state index in [1.165, 1.54) is 0 Å². The Morgan fingerprint density at radius 3 is 3.22 bits per heavy atom. The Morgan fingerprint density at radius 2 is 2.33 bits per heavy atom. The number of fused-ring (bicyclic) bond motifs is 1. The summed E-state index contributed by atoms with van der Waals surface area (Å²) >= 11 is 0. The molecule has 0 amide bonds. The molecule has 44 valence electrons. The first-order valence-electron chi connectivity index (χ1n) is 2.79. The lowest BCUT2D eigenvalue weighted by Crippen LogP contribution is -1.72. The first-order chi connectivity index (χ1) is 4.47. The fraction of sp³-hybridized carbons (Fsp3) is 0. The van der Waals surface area contributed by atoms with Gasteiger partial charge in [-0.3, -0.25) is 0 Å². The third kappa shape index (κ3) is 0.598. The summed E-state index contributed by atoms with van der Waals surface area (Å²) in [6, 6.07) is 5.85. The lowest BCUT2D eigenvalue weighted by Gasteiger charge is -1.93. The molecule has 0 unspecified atom stereocenters. The normalized spacial score (nSPS) is 10.2. The molecule has 0 saturated carbocycles. The molecule has 2 rings (SSSR count). The highest BCUT2D eigenvalue weighted by molar-refractivity contribution is 5.74. The number of aromatic nitrogens is 2. The summed E-state index contributed by atoms with van der Waals surface area (Å²) < 4.78 is 0. The maximum Gasteiger partial charge on any atom is -0.0270 e. The Morgan fingerprint density at radius 1 is 1.33 bits per heavy atom. The van der Waals surface area contributed by atoms with E-state index in [0.29, 0.717) is 0 Å². The van der Waals surface area contributed by atoms with E-state index >= 15 is 0 Å². The van der Waals surface area contributed by atoms with Gasteiger partial charge in [0.2, 0.25) is 0 Å². The van der Waals surface area contributed by atoms with Gasteiger partial charge in [0.1, 0.15) is 0 Å². The topological polar surface area (TPSA) is 27.0 Å². The summed E-state index contributed by atoms with van der Waals surface area (Å²) in [6.45, 7) is 0. The lowest BCUT2D eigenvalue weighted by molar-refractivity contribution is 1.30. The zero-order valence-electron chi connectivity index (χ0n) is 4.78. The molecule has 0 bridgehead atoms. The predicted octanol–water partition coefficient (Wildman–Crippen LogP) is 1.19. The number of rotatable bonds is 0. The first-order valence-corrected chi connectivity index (χ1v) is 2.79. The lowest BCUT2D eigenvalue weighted by atomic mass is 10.3. The van der Waals surface area contributed by atoms with Crippen molar-refractivity contribution in [2.45, 2.75) is 0 Å². The maximum atomic E-state index is 4.03. The molecule has 2 aromatic rings. The molecule has 0 spiro atoms. The minimum atomic E-state index is 0.831. The number of pyridine rings is 1. The van der Waals surface area contributed by atoms with Gasteiger partial charge in [-0.05, 0) is 5.39 Å². The molecule has 0 saturated heterocycles. The second-order valence-corrected chi connectivity index (χ2v) is 1.86. The standard InChI is InChI=1S/C7H5N2/c1-2-6-3-5-9-7(6)8-4-1/h1-5H/q-1. The van der Waals surface area contributed by atoms with Crippen LogP contribution in [0.2, 0.25) is 0 Å². The Hall–Kier alpha value is -1.31. The maximum absolute atomic E-state index is 4.03. The van der Waals surface area contributed by atoms with E-state index in [1.54, 1.807) is 12.4 Å². The highest BCUT2D eigenvalue weighted by Gasteiger charge is 1.79. The van der Waals surface area contributed by atoms with Gasteiger partial charge in [-0.25, -0.2) is 0 Å². The quantitative estimate of drug-likeness (QED) is 0.518. The van der Waals surface area contributed by atoms with Crippen LogP contribution < -0.4 is 4.98 Å². The van der Waals surface area contributed by atoms with Crippen LogP contribution in [0.25, 0.3) is 11.0 Å². The Bertz CT molecular complexity index is 281. The van der Waals surface area contributed by atoms with Crippen molar-refractivity contribution in [3.63, 3.8) is 0 Å². The Kier molecular flexibility index (Phi) is 0.803. The molecular weight excluding hydrogens is 112 g/mol. The van der Waals surface area contributed by atoms with Crippen LogP contribution in [0.15, 0.2) is 30.6 Å². The molecule has 0 N–H and O–H groups in total. The van der Waals surface area contributed by atoms with Crippen LogP contribution in [0.5, 0.6) is 0 Å². The van der Waals surface area contributed by atoms with Crippen LogP contribution in [0, 0.1) is 0 Å². The largest absolute Gasteiger partial charge is 0.442 e. The van der Waals surface area contributed by atoms with Crippen molar-refractivity contribution in [3.05, 3.63) is 30.6 Å². The summed E-state index contributed by atoms with van der Waals surface area (Å²) in [5.74, 6) is 0. The smallest absolute Gasteiger partial charge is 0.0270 e. The van der Waals surface area contributed by atoms with Crippen molar-refractivity contribution in [2.24, 2.45) is 0 Å². The van der Waals surface area contributed by atoms with Gasteiger partial charge in [-0.15, -0.1) is 0 Å². The summed E-state index contributed by atoms with van der Waals surface area (Å²) in [7, 11) is 0. The third-order valence-electron chi connectivity index (χ3n) is 1.27. The second-order valence-electron chi connectivity index (χ2n) is 1.86. The Balaban J connectivity index is 2.95. The van der Waals surface area contributed by atoms with Gasteiger partial charge in [0, 0.05) is 0 Å². The third-order valence-corrected chi connectivity index (χ3v) is 1.27. The van der Waals surface area contributed by atoms with E-state index < -0.39 is 0 Å². The molecule has 0 fully saturated rings. The molecule has 9 heavy (non-hydrogen) atoms. The molecule has 0 aromatic carbocycles.